The second-order valence-electron chi connectivity index (χ2n) is 5.62. The molecule has 1 atom stereocenters. The zero-order chi connectivity index (χ0) is 13.3. The van der Waals surface area contributed by atoms with Gasteiger partial charge in [0.25, 0.3) is 5.91 Å². The Morgan fingerprint density at radius 1 is 1.44 bits per heavy atom. The van der Waals surface area contributed by atoms with Crippen molar-refractivity contribution >= 4 is 17.2 Å². The third-order valence-corrected chi connectivity index (χ3v) is 4.94. The van der Waals surface area contributed by atoms with Crippen LogP contribution in [0.2, 0.25) is 0 Å². The maximum absolute atomic E-state index is 12.2. The van der Waals surface area contributed by atoms with Crippen LogP contribution in [-0.2, 0) is 12.8 Å². The van der Waals surface area contributed by atoms with Crippen LogP contribution in [0, 0.1) is 0 Å². The van der Waals surface area contributed by atoms with E-state index in [2.05, 4.69) is 5.32 Å². The predicted molar refractivity (Wildman–Crippen MR) is 74.2 cm³/mol. The van der Waals surface area contributed by atoms with Crippen molar-refractivity contribution in [2.24, 2.45) is 0 Å². The van der Waals surface area contributed by atoms with Crippen LogP contribution in [0.5, 0.6) is 0 Å². The van der Waals surface area contributed by atoms with Crippen molar-refractivity contribution in [3.63, 3.8) is 0 Å². The maximum Gasteiger partial charge on any atom is 0.261 e. The molecule has 1 aliphatic rings. The van der Waals surface area contributed by atoms with Crippen LogP contribution in [-0.4, -0.2) is 22.7 Å². The minimum atomic E-state index is -0.596. The molecule has 2 rings (SSSR count). The Hall–Kier alpha value is -0.870. The van der Waals surface area contributed by atoms with Gasteiger partial charge in [-0.1, -0.05) is 0 Å². The largest absolute Gasteiger partial charge is 0.391 e. The predicted octanol–water partition coefficient (Wildman–Crippen LogP) is 2.52. The Balaban J connectivity index is 2.12. The Morgan fingerprint density at radius 3 is 2.72 bits per heavy atom. The lowest BCUT2D eigenvalue weighted by molar-refractivity contribution is 0.0712. The third-order valence-electron chi connectivity index (χ3n) is 3.70. The summed E-state index contributed by atoms with van der Waals surface area (Å²) in [6.45, 7) is 5.37. The number of aryl methyl sites for hydroxylation is 2. The molecule has 0 bridgehead atoms. The molecule has 0 saturated heterocycles. The van der Waals surface area contributed by atoms with Gasteiger partial charge in [0.2, 0.25) is 0 Å². The molecular formula is C14H21NO2S. The number of fused-ring (bicyclic) bond motifs is 1. The molecule has 18 heavy (non-hydrogen) atoms. The zero-order valence-corrected chi connectivity index (χ0v) is 12.1. The highest BCUT2D eigenvalue weighted by Crippen LogP contribution is 2.29. The van der Waals surface area contributed by atoms with Gasteiger partial charge in [-0.3, -0.25) is 4.79 Å². The fourth-order valence-corrected chi connectivity index (χ4v) is 3.21. The van der Waals surface area contributed by atoms with E-state index in [1.54, 1.807) is 18.3 Å². The summed E-state index contributed by atoms with van der Waals surface area (Å²) in [7, 11) is 0. The van der Waals surface area contributed by atoms with Gasteiger partial charge in [0.05, 0.1) is 16.5 Å². The maximum atomic E-state index is 12.2. The van der Waals surface area contributed by atoms with Gasteiger partial charge in [0.15, 0.2) is 0 Å². The fourth-order valence-electron chi connectivity index (χ4n) is 2.06. The molecule has 1 aliphatic carbocycles. The van der Waals surface area contributed by atoms with Crippen molar-refractivity contribution in [3.05, 3.63) is 21.4 Å². The molecule has 4 heteroatoms. The van der Waals surface area contributed by atoms with E-state index >= 15 is 0 Å². The number of nitrogens with one attached hydrogen (secondary N) is 1. The number of amides is 1. The molecule has 100 valence electrons. The highest BCUT2D eigenvalue weighted by atomic mass is 32.1. The molecule has 0 aromatic carbocycles. The summed E-state index contributed by atoms with van der Waals surface area (Å²) in [6.07, 6.45) is 4.08. The normalized spacial score (nSPS) is 17.1. The van der Waals surface area contributed by atoms with Crippen molar-refractivity contribution in [1.82, 2.24) is 5.32 Å². The molecule has 1 aromatic heterocycles. The summed E-state index contributed by atoms with van der Waals surface area (Å²) in [5.41, 5.74) is 0.743. The van der Waals surface area contributed by atoms with E-state index in [1.165, 1.54) is 23.3 Å². The summed E-state index contributed by atoms with van der Waals surface area (Å²) >= 11 is 1.60. The van der Waals surface area contributed by atoms with Crippen LogP contribution in [0.4, 0.5) is 0 Å². The molecule has 1 aromatic rings. The summed E-state index contributed by atoms with van der Waals surface area (Å²) in [5.74, 6) is -0.0692. The summed E-state index contributed by atoms with van der Waals surface area (Å²) in [5, 5.41) is 12.5. The van der Waals surface area contributed by atoms with E-state index in [0.717, 1.165) is 17.7 Å². The first-order chi connectivity index (χ1) is 8.40. The molecule has 0 spiro atoms. The topological polar surface area (TPSA) is 49.3 Å². The zero-order valence-electron chi connectivity index (χ0n) is 11.2. The van der Waals surface area contributed by atoms with Crippen LogP contribution in [0.25, 0.3) is 0 Å². The lowest BCUT2D eigenvalue weighted by Gasteiger charge is -2.29. The third kappa shape index (κ3) is 2.75. The van der Waals surface area contributed by atoms with Crippen LogP contribution in [0.15, 0.2) is 6.07 Å². The first-order valence-corrected chi connectivity index (χ1v) is 7.34. The monoisotopic (exact) mass is 267 g/mol. The Kier molecular flexibility index (Phi) is 3.78. The minimum Gasteiger partial charge on any atom is -0.391 e. The average Bonchev–Trinajstić information content (AvgIpc) is 2.71. The number of aliphatic hydroxyl groups excluding tert-OH is 1. The number of carbonyl (C=O) groups is 1. The molecule has 1 heterocycles. The molecule has 1 unspecified atom stereocenters. The smallest absolute Gasteiger partial charge is 0.261 e. The SMILES string of the molecule is CC(O)C(C)(C)NC(=O)c1cc2c(s1)CCCC2. The van der Waals surface area contributed by atoms with Gasteiger partial charge in [-0.2, -0.15) is 0 Å². The van der Waals surface area contributed by atoms with Gasteiger partial charge in [-0.05, 0) is 58.1 Å². The minimum absolute atomic E-state index is 0.0692. The second-order valence-corrected chi connectivity index (χ2v) is 6.75. The molecule has 1 amide bonds. The van der Waals surface area contributed by atoms with Crippen molar-refractivity contribution < 1.29 is 9.90 Å². The van der Waals surface area contributed by atoms with Crippen molar-refractivity contribution in [2.75, 3.05) is 0 Å². The number of carbonyl (C=O) groups excluding carboxylic acids is 1. The first kappa shape index (κ1) is 13.6. The van der Waals surface area contributed by atoms with Crippen molar-refractivity contribution in [2.45, 2.75) is 58.1 Å². The van der Waals surface area contributed by atoms with Crippen molar-refractivity contribution in [3.8, 4) is 0 Å². The van der Waals surface area contributed by atoms with E-state index in [4.69, 9.17) is 0 Å². The van der Waals surface area contributed by atoms with Crippen LogP contribution in [0.3, 0.4) is 0 Å². The van der Waals surface area contributed by atoms with Crippen molar-refractivity contribution in [1.29, 1.82) is 0 Å². The lowest BCUT2D eigenvalue weighted by Crippen LogP contribution is -2.50. The molecule has 2 N–H and O–H groups in total. The van der Waals surface area contributed by atoms with Crippen LogP contribution >= 0.6 is 11.3 Å². The molecule has 0 saturated carbocycles. The van der Waals surface area contributed by atoms with Gasteiger partial charge in [-0.15, -0.1) is 11.3 Å². The summed E-state index contributed by atoms with van der Waals surface area (Å²) in [4.78, 5) is 14.3. The summed E-state index contributed by atoms with van der Waals surface area (Å²) < 4.78 is 0. The molecule has 0 radical (unpaired) electrons. The van der Waals surface area contributed by atoms with E-state index in [9.17, 15) is 9.90 Å². The van der Waals surface area contributed by atoms with Gasteiger partial charge < -0.3 is 10.4 Å². The number of rotatable bonds is 3. The standard InChI is InChI=1S/C14H21NO2S/c1-9(16)14(2,3)15-13(17)12-8-10-6-4-5-7-11(10)18-12/h8-9,16H,4-7H2,1-3H3,(H,15,17). The second kappa shape index (κ2) is 5.02. The molecule has 3 nitrogen and oxygen atoms in total. The quantitative estimate of drug-likeness (QED) is 0.884. The highest BCUT2D eigenvalue weighted by Gasteiger charge is 2.27. The number of hydrogen-bond donors (Lipinski definition) is 2. The lowest BCUT2D eigenvalue weighted by atomic mass is 9.98. The number of aliphatic hydroxyl groups is 1. The van der Waals surface area contributed by atoms with E-state index in [-0.39, 0.29) is 5.91 Å². The van der Waals surface area contributed by atoms with Gasteiger partial charge in [-0.25, -0.2) is 0 Å². The Morgan fingerprint density at radius 2 is 2.11 bits per heavy atom. The molecule has 0 fully saturated rings. The first-order valence-electron chi connectivity index (χ1n) is 6.52. The fraction of sp³-hybridized carbons (Fsp3) is 0.643. The molecule has 0 aliphatic heterocycles. The van der Waals surface area contributed by atoms with Gasteiger partial charge >= 0.3 is 0 Å². The van der Waals surface area contributed by atoms with E-state index in [0.29, 0.717) is 0 Å². The molecular weight excluding hydrogens is 246 g/mol. The van der Waals surface area contributed by atoms with Crippen LogP contribution in [0.1, 0.15) is 53.7 Å². The average molecular weight is 267 g/mol. The highest BCUT2D eigenvalue weighted by molar-refractivity contribution is 7.14. The van der Waals surface area contributed by atoms with Gasteiger partial charge in [0, 0.05) is 4.88 Å². The summed E-state index contributed by atoms with van der Waals surface area (Å²) in [6, 6.07) is 2.02. The van der Waals surface area contributed by atoms with Gasteiger partial charge in [0.1, 0.15) is 0 Å². The van der Waals surface area contributed by atoms with E-state index < -0.39 is 11.6 Å². The Labute approximate surface area is 112 Å². The number of thiophene rings is 1. The van der Waals surface area contributed by atoms with Crippen LogP contribution < -0.4 is 5.32 Å². The Bertz CT molecular complexity index is 425. The van der Waals surface area contributed by atoms with E-state index in [1.807, 2.05) is 19.9 Å². The number of hydrogen-bond acceptors (Lipinski definition) is 3.